The molecule has 0 aromatic heterocycles. The third-order valence-electron chi connectivity index (χ3n) is 3.53. The second-order valence-electron chi connectivity index (χ2n) is 4.59. The summed E-state index contributed by atoms with van der Waals surface area (Å²) in [7, 11) is 3.13. The summed E-state index contributed by atoms with van der Waals surface area (Å²) in [6, 6.07) is 3.36. The fraction of sp³-hybridized carbons (Fsp3) is 0.538. The van der Waals surface area contributed by atoms with Crippen molar-refractivity contribution in [2.45, 2.75) is 31.2 Å². The van der Waals surface area contributed by atoms with Crippen LogP contribution in [0.4, 0.5) is 0 Å². The van der Waals surface area contributed by atoms with Gasteiger partial charge in [0.05, 0.1) is 14.2 Å². The van der Waals surface area contributed by atoms with E-state index in [0.717, 1.165) is 31.2 Å². The number of hydrogen-bond acceptors (Lipinski definition) is 4. The highest BCUT2D eigenvalue weighted by Gasteiger charge is 2.34. The number of rotatable bonds is 3. The van der Waals surface area contributed by atoms with Gasteiger partial charge < -0.3 is 20.3 Å². The Morgan fingerprint density at radius 2 is 1.65 bits per heavy atom. The highest BCUT2D eigenvalue weighted by molar-refractivity contribution is 5.52. The Balaban J connectivity index is 2.47. The zero-order valence-corrected chi connectivity index (χ0v) is 10.3. The van der Waals surface area contributed by atoms with Gasteiger partial charge in [-0.2, -0.15) is 0 Å². The lowest BCUT2D eigenvalue weighted by atomic mass is 9.88. The Morgan fingerprint density at radius 3 is 2.18 bits per heavy atom. The first kappa shape index (κ1) is 12.0. The first-order valence-corrected chi connectivity index (χ1v) is 5.85. The molecule has 1 aromatic carbocycles. The summed E-state index contributed by atoms with van der Waals surface area (Å²) in [5, 5.41) is 10.1. The van der Waals surface area contributed by atoms with Crippen molar-refractivity contribution >= 4 is 0 Å². The van der Waals surface area contributed by atoms with Crippen molar-refractivity contribution in [3.63, 3.8) is 0 Å². The van der Waals surface area contributed by atoms with Gasteiger partial charge in [-0.25, -0.2) is 0 Å². The van der Waals surface area contributed by atoms with Crippen molar-refractivity contribution in [2.24, 2.45) is 5.73 Å². The zero-order chi connectivity index (χ0) is 12.5. The van der Waals surface area contributed by atoms with Gasteiger partial charge in [0.1, 0.15) is 5.75 Å². The van der Waals surface area contributed by atoms with Gasteiger partial charge in [0.2, 0.25) is 0 Å². The number of methoxy groups -OCH3 is 2. The molecule has 0 heterocycles. The van der Waals surface area contributed by atoms with E-state index in [4.69, 9.17) is 15.2 Å². The molecule has 1 saturated carbocycles. The molecule has 0 saturated heterocycles. The fourth-order valence-corrected chi connectivity index (χ4v) is 2.54. The smallest absolute Gasteiger partial charge is 0.164 e. The molecule has 17 heavy (non-hydrogen) atoms. The van der Waals surface area contributed by atoms with Gasteiger partial charge in [-0.05, 0) is 18.9 Å². The number of aromatic hydroxyl groups is 1. The van der Waals surface area contributed by atoms with Crippen molar-refractivity contribution in [3.8, 4) is 17.2 Å². The van der Waals surface area contributed by atoms with Gasteiger partial charge in [-0.3, -0.25) is 0 Å². The summed E-state index contributed by atoms with van der Waals surface area (Å²) in [5.41, 5.74) is 6.67. The molecule has 4 nitrogen and oxygen atoms in total. The molecule has 0 unspecified atom stereocenters. The van der Waals surface area contributed by atoms with E-state index >= 15 is 0 Å². The second kappa shape index (κ2) is 4.45. The molecule has 0 radical (unpaired) electrons. The molecule has 0 atom stereocenters. The maximum absolute atomic E-state index is 10.1. The summed E-state index contributed by atoms with van der Waals surface area (Å²) < 4.78 is 10.4. The van der Waals surface area contributed by atoms with Crippen molar-refractivity contribution in [2.75, 3.05) is 14.2 Å². The van der Waals surface area contributed by atoms with Crippen LogP contribution in [-0.2, 0) is 5.54 Å². The maximum Gasteiger partial charge on any atom is 0.164 e. The lowest BCUT2D eigenvalue weighted by molar-refractivity contribution is 0.344. The van der Waals surface area contributed by atoms with Crippen LogP contribution in [0.2, 0.25) is 0 Å². The van der Waals surface area contributed by atoms with Crippen molar-refractivity contribution in [1.82, 2.24) is 0 Å². The van der Waals surface area contributed by atoms with Crippen molar-refractivity contribution < 1.29 is 14.6 Å². The third-order valence-corrected chi connectivity index (χ3v) is 3.53. The minimum absolute atomic E-state index is 0.187. The molecule has 0 aliphatic heterocycles. The van der Waals surface area contributed by atoms with E-state index in [0.29, 0.717) is 11.5 Å². The molecular weight excluding hydrogens is 218 g/mol. The zero-order valence-electron chi connectivity index (χ0n) is 10.3. The Labute approximate surface area is 101 Å². The monoisotopic (exact) mass is 237 g/mol. The molecule has 0 spiro atoms. The number of ether oxygens (including phenoxy) is 2. The Hall–Kier alpha value is -1.42. The van der Waals surface area contributed by atoms with Crippen LogP contribution in [0.1, 0.15) is 31.2 Å². The first-order valence-electron chi connectivity index (χ1n) is 5.85. The minimum Gasteiger partial charge on any atom is -0.507 e. The Kier molecular flexibility index (Phi) is 3.15. The topological polar surface area (TPSA) is 64.7 Å². The third kappa shape index (κ3) is 2.05. The van der Waals surface area contributed by atoms with E-state index in [-0.39, 0.29) is 5.75 Å². The lowest BCUT2D eigenvalue weighted by Gasteiger charge is -2.26. The summed E-state index contributed by atoms with van der Waals surface area (Å²) in [6.07, 6.45) is 4.00. The van der Waals surface area contributed by atoms with Crippen LogP contribution < -0.4 is 15.2 Å². The predicted molar refractivity (Wildman–Crippen MR) is 65.5 cm³/mol. The molecule has 94 valence electrons. The summed E-state index contributed by atoms with van der Waals surface area (Å²) >= 11 is 0. The second-order valence-corrected chi connectivity index (χ2v) is 4.59. The maximum atomic E-state index is 10.1. The van der Waals surface area contributed by atoms with E-state index in [1.165, 1.54) is 0 Å². The highest BCUT2D eigenvalue weighted by atomic mass is 16.5. The van der Waals surface area contributed by atoms with E-state index in [1.54, 1.807) is 26.4 Å². The number of phenols is 1. The normalized spacial score (nSPS) is 18.1. The average Bonchev–Trinajstić information content (AvgIpc) is 2.76. The lowest BCUT2D eigenvalue weighted by Crippen LogP contribution is -2.33. The standard InChI is InChI=1S/C13H19NO3/c1-16-11-7-9(10(15)8-12(11)17-2)13(14)5-3-4-6-13/h7-8,15H,3-6,14H2,1-2H3. The highest BCUT2D eigenvalue weighted by Crippen LogP contribution is 2.44. The van der Waals surface area contributed by atoms with Gasteiger partial charge in [0.25, 0.3) is 0 Å². The predicted octanol–water partition coefficient (Wildman–Crippen LogP) is 2.14. The summed E-state index contributed by atoms with van der Waals surface area (Å²) in [4.78, 5) is 0. The van der Waals surface area contributed by atoms with E-state index in [9.17, 15) is 5.11 Å². The molecule has 1 aromatic rings. The van der Waals surface area contributed by atoms with Crippen LogP contribution in [0.3, 0.4) is 0 Å². The molecule has 3 N–H and O–H groups in total. The van der Waals surface area contributed by atoms with E-state index in [1.807, 2.05) is 0 Å². The fourth-order valence-electron chi connectivity index (χ4n) is 2.54. The van der Waals surface area contributed by atoms with Crippen LogP contribution in [-0.4, -0.2) is 19.3 Å². The van der Waals surface area contributed by atoms with Gasteiger partial charge >= 0.3 is 0 Å². The quantitative estimate of drug-likeness (QED) is 0.845. The van der Waals surface area contributed by atoms with E-state index < -0.39 is 5.54 Å². The molecular formula is C13H19NO3. The Bertz CT molecular complexity index is 411. The molecule has 1 aliphatic rings. The summed E-state index contributed by atoms with van der Waals surface area (Å²) in [5.74, 6) is 1.32. The molecule has 4 heteroatoms. The molecule has 1 aliphatic carbocycles. The average molecular weight is 237 g/mol. The van der Waals surface area contributed by atoms with Crippen LogP contribution >= 0.6 is 0 Å². The molecule has 1 fully saturated rings. The SMILES string of the molecule is COc1cc(O)c(C2(N)CCCC2)cc1OC. The van der Waals surface area contributed by atoms with Crippen LogP contribution in [0, 0.1) is 0 Å². The van der Waals surface area contributed by atoms with Gasteiger partial charge in [0, 0.05) is 17.2 Å². The molecule has 0 amide bonds. The summed E-state index contributed by atoms with van der Waals surface area (Å²) in [6.45, 7) is 0. The minimum atomic E-state index is -0.427. The number of nitrogens with two attached hydrogens (primary N) is 1. The van der Waals surface area contributed by atoms with Gasteiger partial charge in [0.15, 0.2) is 11.5 Å². The molecule has 2 rings (SSSR count). The van der Waals surface area contributed by atoms with E-state index in [2.05, 4.69) is 0 Å². The van der Waals surface area contributed by atoms with Crippen LogP contribution in [0.15, 0.2) is 12.1 Å². The van der Waals surface area contributed by atoms with Crippen LogP contribution in [0.25, 0.3) is 0 Å². The molecule has 0 bridgehead atoms. The number of phenolic OH excluding ortho intramolecular Hbond substituents is 1. The number of benzene rings is 1. The Morgan fingerprint density at radius 1 is 1.12 bits per heavy atom. The van der Waals surface area contributed by atoms with Crippen molar-refractivity contribution in [1.29, 1.82) is 0 Å². The van der Waals surface area contributed by atoms with Crippen molar-refractivity contribution in [3.05, 3.63) is 17.7 Å². The van der Waals surface area contributed by atoms with Crippen LogP contribution in [0.5, 0.6) is 17.2 Å². The largest absolute Gasteiger partial charge is 0.507 e. The van der Waals surface area contributed by atoms with Gasteiger partial charge in [-0.1, -0.05) is 12.8 Å². The first-order chi connectivity index (χ1) is 8.10. The van der Waals surface area contributed by atoms with Gasteiger partial charge in [-0.15, -0.1) is 0 Å². The number of hydrogen-bond donors (Lipinski definition) is 2.